The maximum atomic E-state index is 13.7. The number of carbonyl (C=O) groups is 1. The number of amides is 1. The van der Waals surface area contributed by atoms with E-state index in [1.165, 1.54) is 12.1 Å². The second-order valence-electron chi connectivity index (χ2n) is 7.21. The van der Waals surface area contributed by atoms with Crippen LogP contribution in [-0.4, -0.2) is 26.2 Å². The van der Waals surface area contributed by atoms with E-state index in [2.05, 4.69) is 5.32 Å². The number of furan rings is 1. The van der Waals surface area contributed by atoms with E-state index in [4.69, 9.17) is 20.8 Å². The number of carbonyl (C=O) groups excluding carboxylic acids is 1. The molecule has 1 aromatic heterocycles. The van der Waals surface area contributed by atoms with Gasteiger partial charge in [-0.25, -0.2) is 4.39 Å². The number of hydrogen-bond acceptors (Lipinski definition) is 3. The lowest BCUT2D eigenvalue weighted by molar-refractivity contribution is 0.0937. The SMILES string of the molecule is COCCNC(=O)c1cccc(-c2cccc3oc(Cc4cc(F)cc(Cl)c4)cc23)c1. The summed E-state index contributed by atoms with van der Waals surface area (Å²) in [5.74, 6) is 0.180. The first kappa shape index (κ1) is 21.1. The zero-order chi connectivity index (χ0) is 21.8. The average molecular weight is 438 g/mol. The van der Waals surface area contributed by atoms with Crippen molar-refractivity contribution >= 4 is 28.5 Å². The highest BCUT2D eigenvalue weighted by Crippen LogP contribution is 2.32. The molecular weight excluding hydrogens is 417 g/mol. The summed E-state index contributed by atoms with van der Waals surface area (Å²) in [6, 6.07) is 19.6. The summed E-state index contributed by atoms with van der Waals surface area (Å²) in [4.78, 5) is 12.4. The van der Waals surface area contributed by atoms with Gasteiger partial charge in [0.05, 0.1) is 6.61 Å². The highest BCUT2D eigenvalue weighted by atomic mass is 35.5. The van der Waals surface area contributed by atoms with Crippen LogP contribution in [0.15, 0.2) is 71.1 Å². The molecule has 4 rings (SSSR count). The Kier molecular flexibility index (Phi) is 6.35. The molecule has 0 bridgehead atoms. The minimum Gasteiger partial charge on any atom is -0.461 e. The Hall–Kier alpha value is -3.15. The fourth-order valence-electron chi connectivity index (χ4n) is 3.56. The molecule has 3 aromatic carbocycles. The molecule has 6 heteroatoms. The van der Waals surface area contributed by atoms with Gasteiger partial charge in [-0.3, -0.25) is 4.79 Å². The normalized spacial score (nSPS) is 11.1. The van der Waals surface area contributed by atoms with Gasteiger partial charge in [-0.2, -0.15) is 0 Å². The first-order valence-electron chi connectivity index (χ1n) is 9.87. The molecule has 4 nitrogen and oxygen atoms in total. The van der Waals surface area contributed by atoms with E-state index in [-0.39, 0.29) is 11.7 Å². The van der Waals surface area contributed by atoms with Gasteiger partial charge in [-0.05, 0) is 59.2 Å². The number of benzene rings is 3. The number of fused-ring (bicyclic) bond motifs is 1. The molecule has 0 aliphatic heterocycles. The number of nitrogens with one attached hydrogen (secondary N) is 1. The summed E-state index contributed by atoms with van der Waals surface area (Å²) in [6.07, 6.45) is 0.424. The van der Waals surface area contributed by atoms with Crippen LogP contribution in [0.25, 0.3) is 22.1 Å². The van der Waals surface area contributed by atoms with Gasteiger partial charge in [-0.1, -0.05) is 35.9 Å². The minimum atomic E-state index is -0.375. The molecular formula is C25H21ClFNO3. The van der Waals surface area contributed by atoms with Crippen molar-refractivity contribution in [3.63, 3.8) is 0 Å². The standard InChI is InChI=1S/C25H21ClFNO3/c1-30-9-8-28-25(29)18-5-2-4-17(13-18)22-6-3-7-24-23(22)15-21(31-24)12-16-10-19(26)14-20(27)11-16/h2-7,10-11,13-15H,8-9,12H2,1H3,(H,28,29). The van der Waals surface area contributed by atoms with E-state index < -0.39 is 0 Å². The van der Waals surface area contributed by atoms with Crippen LogP contribution in [0, 0.1) is 5.82 Å². The Labute approximate surface area is 184 Å². The summed E-state index contributed by atoms with van der Waals surface area (Å²) >= 11 is 5.97. The third-order valence-electron chi connectivity index (χ3n) is 4.94. The van der Waals surface area contributed by atoms with Gasteiger partial charge in [0.2, 0.25) is 0 Å². The third kappa shape index (κ3) is 4.95. The van der Waals surface area contributed by atoms with E-state index in [1.807, 2.05) is 42.5 Å². The van der Waals surface area contributed by atoms with Crippen molar-refractivity contribution in [2.75, 3.05) is 20.3 Å². The smallest absolute Gasteiger partial charge is 0.251 e. The summed E-state index contributed by atoms with van der Waals surface area (Å²) in [7, 11) is 1.59. The lowest BCUT2D eigenvalue weighted by atomic mass is 9.99. The zero-order valence-corrected chi connectivity index (χ0v) is 17.7. The van der Waals surface area contributed by atoms with Crippen LogP contribution in [0.5, 0.6) is 0 Å². The summed E-state index contributed by atoms with van der Waals surface area (Å²) < 4.78 is 24.6. The second kappa shape index (κ2) is 9.33. The van der Waals surface area contributed by atoms with E-state index in [1.54, 1.807) is 19.2 Å². The molecule has 0 aliphatic rings. The molecule has 0 aliphatic carbocycles. The zero-order valence-electron chi connectivity index (χ0n) is 17.0. The van der Waals surface area contributed by atoms with E-state index >= 15 is 0 Å². The number of ether oxygens (including phenoxy) is 1. The quantitative estimate of drug-likeness (QED) is 0.368. The van der Waals surface area contributed by atoms with Crippen LogP contribution >= 0.6 is 11.6 Å². The minimum absolute atomic E-state index is 0.151. The highest BCUT2D eigenvalue weighted by molar-refractivity contribution is 6.30. The summed E-state index contributed by atoms with van der Waals surface area (Å²) in [5, 5.41) is 4.11. The highest BCUT2D eigenvalue weighted by Gasteiger charge is 2.13. The van der Waals surface area contributed by atoms with Gasteiger partial charge in [0.15, 0.2) is 0 Å². The van der Waals surface area contributed by atoms with Crippen molar-refractivity contribution in [1.82, 2.24) is 5.32 Å². The first-order valence-corrected chi connectivity index (χ1v) is 10.3. The van der Waals surface area contributed by atoms with Crippen molar-refractivity contribution in [3.8, 4) is 11.1 Å². The average Bonchev–Trinajstić information content (AvgIpc) is 3.15. The molecule has 158 valence electrons. The van der Waals surface area contributed by atoms with Gasteiger partial charge in [0, 0.05) is 36.0 Å². The van der Waals surface area contributed by atoms with E-state index in [9.17, 15) is 9.18 Å². The van der Waals surface area contributed by atoms with Crippen molar-refractivity contribution in [2.24, 2.45) is 0 Å². The fraction of sp³-hybridized carbons (Fsp3) is 0.160. The monoisotopic (exact) mass is 437 g/mol. The Morgan fingerprint density at radius 2 is 1.94 bits per heavy atom. The van der Waals surface area contributed by atoms with Crippen LogP contribution in [0.2, 0.25) is 5.02 Å². The van der Waals surface area contributed by atoms with Crippen LogP contribution in [0.3, 0.4) is 0 Å². The van der Waals surface area contributed by atoms with Crippen LogP contribution < -0.4 is 5.32 Å². The Morgan fingerprint density at radius 3 is 2.74 bits per heavy atom. The predicted octanol–water partition coefficient (Wildman–Crippen LogP) is 5.86. The van der Waals surface area contributed by atoms with Crippen LogP contribution in [0.1, 0.15) is 21.7 Å². The van der Waals surface area contributed by atoms with E-state index in [0.29, 0.717) is 35.9 Å². The van der Waals surface area contributed by atoms with Gasteiger partial charge in [-0.15, -0.1) is 0 Å². The molecule has 0 saturated carbocycles. The Bertz CT molecular complexity index is 1210. The number of hydrogen-bond donors (Lipinski definition) is 1. The number of rotatable bonds is 7. The van der Waals surface area contributed by atoms with Crippen molar-refractivity contribution in [3.05, 3.63) is 94.5 Å². The molecule has 31 heavy (non-hydrogen) atoms. The third-order valence-corrected chi connectivity index (χ3v) is 5.16. The van der Waals surface area contributed by atoms with Crippen molar-refractivity contribution in [2.45, 2.75) is 6.42 Å². The first-order chi connectivity index (χ1) is 15.0. The lowest BCUT2D eigenvalue weighted by Gasteiger charge is -2.07. The molecule has 0 unspecified atom stereocenters. The maximum Gasteiger partial charge on any atom is 0.251 e. The molecule has 4 aromatic rings. The van der Waals surface area contributed by atoms with Crippen molar-refractivity contribution in [1.29, 1.82) is 0 Å². The van der Waals surface area contributed by atoms with Gasteiger partial charge >= 0.3 is 0 Å². The largest absolute Gasteiger partial charge is 0.461 e. The van der Waals surface area contributed by atoms with Gasteiger partial charge in [0.25, 0.3) is 5.91 Å². The lowest BCUT2D eigenvalue weighted by Crippen LogP contribution is -2.26. The summed E-state index contributed by atoms with van der Waals surface area (Å²) in [5.41, 5.74) is 3.90. The summed E-state index contributed by atoms with van der Waals surface area (Å²) in [6.45, 7) is 0.906. The van der Waals surface area contributed by atoms with Crippen LogP contribution in [0.4, 0.5) is 4.39 Å². The van der Waals surface area contributed by atoms with Gasteiger partial charge < -0.3 is 14.5 Å². The molecule has 0 spiro atoms. The molecule has 1 amide bonds. The predicted molar refractivity (Wildman–Crippen MR) is 120 cm³/mol. The van der Waals surface area contributed by atoms with E-state index in [0.717, 1.165) is 27.7 Å². The molecule has 0 radical (unpaired) electrons. The van der Waals surface area contributed by atoms with Crippen LogP contribution in [-0.2, 0) is 11.2 Å². The number of halogens is 2. The Morgan fingerprint density at radius 1 is 1.10 bits per heavy atom. The number of methoxy groups -OCH3 is 1. The molecule has 1 heterocycles. The topological polar surface area (TPSA) is 51.5 Å². The second-order valence-corrected chi connectivity index (χ2v) is 7.65. The molecule has 0 saturated heterocycles. The maximum absolute atomic E-state index is 13.7. The Balaban J connectivity index is 1.64. The molecule has 1 N–H and O–H groups in total. The molecule has 0 atom stereocenters. The van der Waals surface area contributed by atoms with Crippen molar-refractivity contribution < 1.29 is 18.3 Å². The molecule has 0 fully saturated rings. The van der Waals surface area contributed by atoms with Gasteiger partial charge in [0.1, 0.15) is 17.2 Å². The fourth-order valence-corrected chi connectivity index (χ4v) is 3.81.